The molecule has 16 heteroatoms. The molecule has 36 heavy (non-hydrogen) atoms. The summed E-state index contributed by atoms with van der Waals surface area (Å²) < 4.78 is 27.4. The van der Waals surface area contributed by atoms with E-state index in [9.17, 15) is 50.8 Å². The van der Waals surface area contributed by atoms with E-state index in [0.29, 0.717) is 0 Å². The minimum Gasteiger partial charge on any atom is -0.394 e. The minimum atomic E-state index is -1.85. The first-order valence-electron chi connectivity index (χ1n) is 11.5. The summed E-state index contributed by atoms with van der Waals surface area (Å²) in [5.74, 6) is -0.618. The monoisotopic (exact) mass is 529 g/mol. The van der Waals surface area contributed by atoms with Crippen molar-refractivity contribution >= 4 is 5.91 Å². The predicted octanol–water partition coefficient (Wildman–Crippen LogP) is -6.75. The van der Waals surface area contributed by atoms with E-state index in [1.54, 1.807) is 0 Å². The highest BCUT2D eigenvalue weighted by Crippen LogP contribution is 2.31. The Hall–Kier alpha value is -1.09. The third kappa shape index (κ3) is 6.13. The Labute approximate surface area is 205 Å². The fourth-order valence-corrected chi connectivity index (χ4v) is 4.41. The Kier molecular flexibility index (Phi) is 10.3. The molecule has 9 unspecified atom stereocenters. The first-order chi connectivity index (χ1) is 17.0. The summed E-state index contributed by atoms with van der Waals surface area (Å²) in [4.78, 5) is 11.6. The quantitative estimate of drug-likeness (QED) is 0.140. The van der Waals surface area contributed by atoms with Crippen molar-refractivity contribution in [3.05, 3.63) is 0 Å². The van der Waals surface area contributed by atoms with Gasteiger partial charge < -0.3 is 75.0 Å². The molecule has 210 valence electrons. The molecule has 0 aromatic carbocycles. The van der Waals surface area contributed by atoms with E-state index in [4.69, 9.17) is 23.7 Å². The average Bonchev–Trinajstić information content (AvgIpc) is 2.85. The molecule has 0 saturated carbocycles. The van der Waals surface area contributed by atoms with Crippen LogP contribution in [0.25, 0.3) is 0 Å². The highest BCUT2D eigenvalue weighted by atomic mass is 16.7. The molecule has 3 saturated heterocycles. The van der Waals surface area contributed by atoms with Gasteiger partial charge in [-0.05, 0) is 0 Å². The molecular weight excluding hydrogens is 494 g/mol. The number of ether oxygens (including phenoxy) is 5. The van der Waals surface area contributed by atoms with Gasteiger partial charge in [-0.15, -0.1) is 0 Å². The molecule has 0 aliphatic carbocycles. The molecule has 0 bridgehead atoms. The third-order valence-corrected chi connectivity index (χ3v) is 6.41. The maximum Gasteiger partial charge on any atom is 0.217 e. The Morgan fingerprint density at radius 1 is 0.750 bits per heavy atom. The lowest BCUT2D eigenvalue weighted by Gasteiger charge is -2.48. The normalized spacial score (nSPS) is 47.9. The molecular formula is C20H35NO15. The maximum atomic E-state index is 11.6. The van der Waals surface area contributed by atoms with Crippen LogP contribution in [0.1, 0.15) is 6.92 Å². The van der Waals surface area contributed by atoms with Crippen LogP contribution >= 0.6 is 0 Å². The molecule has 0 spiro atoms. The van der Waals surface area contributed by atoms with Gasteiger partial charge in [0.15, 0.2) is 12.6 Å². The molecule has 3 rings (SSSR count). The number of rotatable bonds is 8. The zero-order valence-corrected chi connectivity index (χ0v) is 19.4. The largest absolute Gasteiger partial charge is 0.394 e. The minimum absolute atomic E-state index is 0.273. The van der Waals surface area contributed by atoms with Crippen LogP contribution in [-0.4, -0.2) is 164 Å². The van der Waals surface area contributed by atoms with Crippen molar-refractivity contribution in [2.24, 2.45) is 0 Å². The second-order valence-corrected chi connectivity index (χ2v) is 8.95. The van der Waals surface area contributed by atoms with E-state index in [0.717, 1.165) is 6.92 Å². The second-order valence-electron chi connectivity index (χ2n) is 8.95. The first-order valence-corrected chi connectivity index (χ1v) is 11.5. The van der Waals surface area contributed by atoms with Crippen LogP contribution < -0.4 is 5.32 Å². The van der Waals surface area contributed by atoms with Gasteiger partial charge in [-0.1, -0.05) is 0 Å². The third-order valence-electron chi connectivity index (χ3n) is 6.41. The van der Waals surface area contributed by atoms with E-state index in [-0.39, 0.29) is 6.61 Å². The summed E-state index contributed by atoms with van der Waals surface area (Å²) in [6, 6.07) is -1.36. The van der Waals surface area contributed by atoms with Crippen molar-refractivity contribution in [1.29, 1.82) is 0 Å². The average molecular weight is 529 g/mol. The SMILES string of the molecule is CC(=O)NC1C(O)[C@@H](O)C(CO)O[C@H]1O[C@H]1C(CO)O[C@@H](O[C@@H]2C(CO)OCC(O)C2O)C(O)C1O. The van der Waals surface area contributed by atoms with Gasteiger partial charge in [0, 0.05) is 6.92 Å². The molecule has 1 amide bonds. The summed E-state index contributed by atoms with van der Waals surface area (Å²) in [6.07, 6.45) is -19.7. The molecule has 3 heterocycles. The van der Waals surface area contributed by atoms with Gasteiger partial charge in [0.25, 0.3) is 0 Å². The van der Waals surface area contributed by atoms with Crippen LogP contribution in [0.3, 0.4) is 0 Å². The smallest absolute Gasteiger partial charge is 0.217 e. The van der Waals surface area contributed by atoms with Gasteiger partial charge in [0.2, 0.25) is 5.91 Å². The lowest BCUT2D eigenvalue weighted by atomic mass is 9.95. The van der Waals surface area contributed by atoms with E-state index in [2.05, 4.69) is 5.32 Å². The number of carbonyl (C=O) groups excluding carboxylic acids is 1. The van der Waals surface area contributed by atoms with E-state index in [1.807, 2.05) is 0 Å². The van der Waals surface area contributed by atoms with Crippen LogP contribution in [0.15, 0.2) is 0 Å². The number of aliphatic hydroxyl groups is 9. The highest BCUT2D eigenvalue weighted by molar-refractivity contribution is 5.73. The van der Waals surface area contributed by atoms with Crippen molar-refractivity contribution in [2.45, 2.75) is 92.7 Å². The van der Waals surface area contributed by atoms with Crippen LogP contribution in [0.4, 0.5) is 0 Å². The highest BCUT2D eigenvalue weighted by Gasteiger charge is 2.52. The topological polar surface area (TPSA) is 257 Å². The first kappa shape index (κ1) is 29.5. The van der Waals surface area contributed by atoms with Gasteiger partial charge in [0.1, 0.15) is 73.2 Å². The summed E-state index contributed by atoms with van der Waals surface area (Å²) in [5.41, 5.74) is 0. The molecule has 14 atom stereocenters. The zero-order chi connectivity index (χ0) is 26.7. The van der Waals surface area contributed by atoms with Crippen LogP contribution in [0, 0.1) is 0 Å². The van der Waals surface area contributed by atoms with E-state index >= 15 is 0 Å². The molecule has 3 aliphatic rings. The molecule has 0 radical (unpaired) electrons. The Balaban J connectivity index is 1.76. The summed E-state index contributed by atoms with van der Waals surface area (Å²) in [7, 11) is 0. The summed E-state index contributed by atoms with van der Waals surface area (Å²) in [5, 5.41) is 93.2. The summed E-state index contributed by atoms with van der Waals surface area (Å²) in [6.45, 7) is -1.24. The molecule has 0 aromatic heterocycles. The second kappa shape index (κ2) is 12.6. The van der Waals surface area contributed by atoms with Gasteiger partial charge >= 0.3 is 0 Å². The number of nitrogens with one attached hydrogen (secondary N) is 1. The van der Waals surface area contributed by atoms with Crippen molar-refractivity contribution < 1.29 is 74.4 Å². The Morgan fingerprint density at radius 3 is 1.89 bits per heavy atom. The molecule has 0 aromatic rings. The summed E-state index contributed by atoms with van der Waals surface area (Å²) >= 11 is 0. The fourth-order valence-electron chi connectivity index (χ4n) is 4.41. The van der Waals surface area contributed by atoms with Crippen LogP contribution in [-0.2, 0) is 28.5 Å². The maximum absolute atomic E-state index is 11.6. The van der Waals surface area contributed by atoms with Gasteiger partial charge in [0.05, 0.1) is 26.4 Å². The standard InChI is InChI=1S/C20H35NO15/c1-6(25)21-11-14(29)13(28)8(2-22)33-19(11)35-18-10(4-24)34-20(16(31)15(18)30)36-17-9(3-23)32-5-7(26)12(17)27/h7-20,22-24,26-31H,2-5H2,1H3,(H,21,25)/t7?,8?,9?,10?,11?,12?,13-,14?,15?,16?,17+,18-,19-,20-/m0/s1. The Morgan fingerprint density at radius 2 is 1.31 bits per heavy atom. The molecule has 3 fully saturated rings. The van der Waals surface area contributed by atoms with Crippen molar-refractivity contribution in [1.82, 2.24) is 5.32 Å². The molecule has 3 aliphatic heterocycles. The van der Waals surface area contributed by atoms with E-state index in [1.165, 1.54) is 0 Å². The lowest BCUT2D eigenvalue weighted by Crippen LogP contribution is -2.68. The van der Waals surface area contributed by atoms with E-state index < -0.39 is 111 Å². The number of carbonyl (C=O) groups is 1. The number of amides is 1. The number of hydrogen-bond acceptors (Lipinski definition) is 15. The van der Waals surface area contributed by atoms with Gasteiger partial charge in [-0.25, -0.2) is 0 Å². The number of aliphatic hydroxyl groups excluding tert-OH is 9. The Bertz CT molecular complexity index is 713. The van der Waals surface area contributed by atoms with Crippen molar-refractivity contribution in [3.63, 3.8) is 0 Å². The fraction of sp³-hybridized carbons (Fsp3) is 0.950. The van der Waals surface area contributed by atoms with Gasteiger partial charge in [-0.2, -0.15) is 0 Å². The van der Waals surface area contributed by atoms with Crippen molar-refractivity contribution in [3.8, 4) is 0 Å². The predicted molar refractivity (Wildman–Crippen MR) is 112 cm³/mol. The molecule has 16 nitrogen and oxygen atoms in total. The van der Waals surface area contributed by atoms with Crippen molar-refractivity contribution in [2.75, 3.05) is 26.4 Å². The van der Waals surface area contributed by atoms with Crippen LogP contribution in [0.5, 0.6) is 0 Å². The van der Waals surface area contributed by atoms with Crippen LogP contribution in [0.2, 0.25) is 0 Å². The number of hydrogen-bond donors (Lipinski definition) is 10. The molecule has 10 N–H and O–H groups in total. The lowest BCUT2D eigenvalue weighted by molar-refractivity contribution is -0.362. The van der Waals surface area contributed by atoms with Gasteiger partial charge in [-0.3, -0.25) is 4.79 Å². The zero-order valence-electron chi connectivity index (χ0n) is 19.4.